The summed E-state index contributed by atoms with van der Waals surface area (Å²) in [4.78, 5) is 23.0. The summed E-state index contributed by atoms with van der Waals surface area (Å²) in [6, 6.07) is 2.42. The lowest BCUT2D eigenvalue weighted by Gasteiger charge is -2.27. The number of carboxylic acids is 1. The first-order valence-corrected chi connectivity index (χ1v) is 5.99. The second kappa shape index (κ2) is 5.57. The van der Waals surface area contributed by atoms with E-state index >= 15 is 0 Å². The van der Waals surface area contributed by atoms with E-state index in [0.29, 0.717) is 0 Å². The number of carboxylic acid groups (broad SMARTS) is 1. The summed E-state index contributed by atoms with van der Waals surface area (Å²) in [5.41, 5.74) is -0.535. The normalized spacial score (nSPS) is 12.9. The number of carbonyl (C=O) groups is 2. The zero-order valence-corrected chi connectivity index (χ0v) is 11.6. The predicted octanol–water partition coefficient (Wildman–Crippen LogP) is 2.71. The third kappa shape index (κ3) is 3.92. The number of nitrogens with one attached hydrogen (secondary N) is 1. The van der Waals surface area contributed by atoms with Gasteiger partial charge in [-0.25, -0.2) is 9.18 Å². The molecule has 1 aromatic rings. The maximum absolute atomic E-state index is 13.0. The monoisotopic (exact) mass is 287 g/mol. The number of aliphatic carboxylic acids is 1. The summed E-state index contributed by atoms with van der Waals surface area (Å²) in [5.74, 6) is -2.37. The van der Waals surface area contributed by atoms with Crippen molar-refractivity contribution < 1.29 is 19.1 Å². The highest BCUT2D eigenvalue weighted by molar-refractivity contribution is 6.31. The highest BCUT2D eigenvalue weighted by Crippen LogP contribution is 2.21. The van der Waals surface area contributed by atoms with Crippen molar-refractivity contribution in [1.82, 2.24) is 5.32 Å². The van der Waals surface area contributed by atoms with Crippen LogP contribution in [0.3, 0.4) is 0 Å². The third-order valence-electron chi connectivity index (χ3n) is 2.57. The van der Waals surface area contributed by atoms with Crippen LogP contribution in [0.2, 0.25) is 5.02 Å². The van der Waals surface area contributed by atoms with Gasteiger partial charge in [0.05, 0.1) is 5.02 Å². The van der Waals surface area contributed by atoms with Gasteiger partial charge in [0.2, 0.25) is 0 Å². The average Bonchev–Trinajstić information content (AvgIpc) is 2.27. The molecule has 2 N–H and O–H groups in total. The van der Waals surface area contributed by atoms with Gasteiger partial charge < -0.3 is 10.4 Å². The standard InChI is InChI=1S/C13H15ClFNO3/c1-13(2,3)10(12(18)19)16-11(17)7-4-5-9(15)8(14)6-7/h4-6,10H,1-3H3,(H,16,17)(H,18,19)/t10-/m0/s1. The molecule has 0 aliphatic carbocycles. The van der Waals surface area contributed by atoms with Crippen molar-refractivity contribution in [2.75, 3.05) is 0 Å². The lowest BCUT2D eigenvalue weighted by atomic mass is 9.86. The molecule has 0 aliphatic rings. The Labute approximate surface area is 115 Å². The van der Waals surface area contributed by atoms with Crippen molar-refractivity contribution in [3.8, 4) is 0 Å². The molecule has 0 heterocycles. The Morgan fingerprint density at radius 3 is 2.37 bits per heavy atom. The largest absolute Gasteiger partial charge is 0.480 e. The average molecular weight is 288 g/mol. The van der Waals surface area contributed by atoms with Gasteiger partial charge in [0.1, 0.15) is 11.9 Å². The van der Waals surface area contributed by atoms with Crippen molar-refractivity contribution in [3.63, 3.8) is 0 Å². The minimum absolute atomic E-state index is 0.113. The van der Waals surface area contributed by atoms with Gasteiger partial charge in [0.25, 0.3) is 5.91 Å². The number of benzene rings is 1. The number of amides is 1. The summed E-state index contributed by atoms with van der Waals surface area (Å²) in [6.07, 6.45) is 0. The minimum atomic E-state index is -1.13. The van der Waals surface area contributed by atoms with Crippen LogP contribution < -0.4 is 5.32 Å². The first kappa shape index (κ1) is 15.4. The second-order valence-corrected chi connectivity index (χ2v) is 5.65. The van der Waals surface area contributed by atoms with Crippen LogP contribution in [-0.4, -0.2) is 23.0 Å². The van der Waals surface area contributed by atoms with E-state index in [2.05, 4.69) is 5.32 Å². The lowest BCUT2D eigenvalue weighted by molar-refractivity contribution is -0.142. The van der Waals surface area contributed by atoms with Gasteiger partial charge in [0, 0.05) is 5.56 Å². The molecule has 6 heteroatoms. The van der Waals surface area contributed by atoms with E-state index in [4.69, 9.17) is 16.7 Å². The van der Waals surface area contributed by atoms with E-state index < -0.39 is 29.2 Å². The summed E-state index contributed by atoms with van der Waals surface area (Å²) < 4.78 is 13.0. The molecular weight excluding hydrogens is 273 g/mol. The second-order valence-electron chi connectivity index (χ2n) is 5.24. The number of carbonyl (C=O) groups excluding carboxylic acids is 1. The van der Waals surface area contributed by atoms with E-state index in [1.54, 1.807) is 20.8 Å². The fourth-order valence-electron chi connectivity index (χ4n) is 1.50. The molecule has 0 aromatic heterocycles. The Balaban J connectivity index is 2.94. The van der Waals surface area contributed by atoms with E-state index in [-0.39, 0.29) is 10.6 Å². The Kier molecular flexibility index (Phi) is 4.52. The summed E-state index contributed by atoms with van der Waals surface area (Å²) >= 11 is 5.58. The number of halogens is 2. The Hall–Kier alpha value is -1.62. The molecule has 0 fully saturated rings. The molecule has 0 spiro atoms. The highest BCUT2D eigenvalue weighted by atomic mass is 35.5. The van der Waals surface area contributed by atoms with Crippen molar-refractivity contribution in [1.29, 1.82) is 0 Å². The Morgan fingerprint density at radius 2 is 1.95 bits per heavy atom. The van der Waals surface area contributed by atoms with Crippen LogP contribution in [0.5, 0.6) is 0 Å². The van der Waals surface area contributed by atoms with Gasteiger partial charge in [-0.15, -0.1) is 0 Å². The highest BCUT2D eigenvalue weighted by Gasteiger charge is 2.32. The van der Waals surface area contributed by atoms with Crippen molar-refractivity contribution in [2.24, 2.45) is 5.41 Å². The maximum atomic E-state index is 13.0. The molecule has 0 unspecified atom stereocenters. The fourth-order valence-corrected chi connectivity index (χ4v) is 1.68. The van der Waals surface area contributed by atoms with Gasteiger partial charge in [0.15, 0.2) is 0 Å². The number of hydrogen-bond donors (Lipinski definition) is 2. The fraction of sp³-hybridized carbons (Fsp3) is 0.385. The lowest BCUT2D eigenvalue weighted by Crippen LogP contribution is -2.49. The van der Waals surface area contributed by atoms with E-state index in [0.717, 1.165) is 12.1 Å². The zero-order chi connectivity index (χ0) is 14.8. The molecule has 0 bridgehead atoms. The first-order valence-electron chi connectivity index (χ1n) is 5.61. The number of hydrogen-bond acceptors (Lipinski definition) is 2. The van der Waals surface area contributed by atoms with Crippen molar-refractivity contribution in [3.05, 3.63) is 34.6 Å². The van der Waals surface area contributed by atoms with Gasteiger partial charge in [-0.2, -0.15) is 0 Å². The van der Waals surface area contributed by atoms with E-state index in [9.17, 15) is 14.0 Å². The van der Waals surface area contributed by atoms with Crippen LogP contribution >= 0.6 is 11.6 Å². The van der Waals surface area contributed by atoms with E-state index in [1.807, 2.05) is 0 Å². The van der Waals surface area contributed by atoms with Crippen LogP contribution in [0.4, 0.5) is 4.39 Å². The van der Waals surface area contributed by atoms with Crippen LogP contribution in [-0.2, 0) is 4.79 Å². The summed E-state index contributed by atoms with van der Waals surface area (Å²) in [6.45, 7) is 5.09. The van der Waals surface area contributed by atoms with Crippen LogP contribution in [0.25, 0.3) is 0 Å². The summed E-state index contributed by atoms with van der Waals surface area (Å²) in [5, 5.41) is 11.3. The third-order valence-corrected chi connectivity index (χ3v) is 2.86. The molecule has 1 atom stereocenters. The van der Waals surface area contributed by atoms with Crippen LogP contribution in [0, 0.1) is 11.2 Å². The minimum Gasteiger partial charge on any atom is -0.480 e. The zero-order valence-electron chi connectivity index (χ0n) is 10.8. The molecular formula is C13H15ClFNO3. The van der Waals surface area contributed by atoms with E-state index in [1.165, 1.54) is 6.07 Å². The SMILES string of the molecule is CC(C)(C)[C@@H](NC(=O)c1ccc(F)c(Cl)c1)C(=O)O. The van der Waals surface area contributed by atoms with Gasteiger partial charge in [-0.3, -0.25) is 4.79 Å². The topological polar surface area (TPSA) is 66.4 Å². The van der Waals surface area contributed by atoms with Gasteiger partial charge in [-0.05, 0) is 23.6 Å². The van der Waals surface area contributed by atoms with Crippen molar-refractivity contribution in [2.45, 2.75) is 26.8 Å². The smallest absolute Gasteiger partial charge is 0.326 e. The van der Waals surface area contributed by atoms with Crippen LogP contribution in [0.15, 0.2) is 18.2 Å². The summed E-state index contributed by atoms with van der Waals surface area (Å²) in [7, 11) is 0. The maximum Gasteiger partial charge on any atom is 0.326 e. The Morgan fingerprint density at radius 1 is 1.37 bits per heavy atom. The molecule has 104 valence electrons. The quantitative estimate of drug-likeness (QED) is 0.898. The molecule has 0 radical (unpaired) electrons. The Bertz CT molecular complexity index is 511. The molecule has 1 amide bonds. The molecule has 0 aliphatic heterocycles. The van der Waals surface area contributed by atoms with Crippen LogP contribution in [0.1, 0.15) is 31.1 Å². The molecule has 0 saturated carbocycles. The number of rotatable bonds is 3. The molecule has 19 heavy (non-hydrogen) atoms. The molecule has 0 saturated heterocycles. The first-order chi connectivity index (χ1) is 8.62. The van der Waals surface area contributed by atoms with Gasteiger partial charge >= 0.3 is 5.97 Å². The predicted molar refractivity (Wildman–Crippen MR) is 69.8 cm³/mol. The van der Waals surface area contributed by atoms with Crippen molar-refractivity contribution >= 4 is 23.5 Å². The molecule has 1 rings (SSSR count). The molecule has 1 aromatic carbocycles. The van der Waals surface area contributed by atoms with Gasteiger partial charge in [-0.1, -0.05) is 32.4 Å². The molecule has 4 nitrogen and oxygen atoms in total.